The van der Waals surface area contributed by atoms with Crippen molar-refractivity contribution in [3.8, 4) is 11.1 Å². The van der Waals surface area contributed by atoms with Crippen molar-refractivity contribution in [1.82, 2.24) is 0 Å². The Morgan fingerprint density at radius 1 is 0.553 bits per heavy atom. The summed E-state index contributed by atoms with van der Waals surface area (Å²) < 4.78 is 11.5. The van der Waals surface area contributed by atoms with Crippen molar-refractivity contribution in [3.63, 3.8) is 0 Å². The van der Waals surface area contributed by atoms with E-state index in [9.17, 15) is 9.59 Å². The third-order valence-corrected chi connectivity index (χ3v) is 7.03. The molecule has 4 aromatic carbocycles. The summed E-state index contributed by atoms with van der Waals surface area (Å²) in [6, 6.07) is 24.8. The molecule has 38 heavy (non-hydrogen) atoms. The monoisotopic (exact) mass is 510 g/mol. The zero-order valence-corrected chi connectivity index (χ0v) is 22.6. The number of hydrogen-bond donors (Lipinski definition) is 0. The maximum atomic E-state index is 12.5. The lowest BCUT2D eigenvalue weighted by molar-refractivity contribution is -0.146. The summed E-state index contributed by atoms with van der Waals surface area (Å²) in [6.07, 6.45) is 6.73. The van der Waals surface area contributed by atoms with Gasteiger partial charge >= 0.3 is 11.9 Å². The molecule has 198 valence electrons. The van der Waals surface area contributed by atoms with E-state index in [1.807, 2.05) is 24.3 Å². The number of esters is 2. The van der Waals surface area contributed by atoms with Crippen LogP contribution in [0.15, 0.2) is 72.8 Å². The van der Waals surface area contributed by atoms with E-state index in [-0.39, 0.29) is 25.2 Å². The molecule has 0 radical (unpaired) electrons. The van der Waals surface area contributed by atoms with Crippen LogP contribution >= 0.6 is 0 Å². The topological polar surface area (TPSA) is 52.6 Å². The molecule has 0 amide bonds. The Balaban J connectivity index is 1.76. The molecule has 0 bridgehead atoms. The number of benzene rings is 4. The maximum Gasteiger partial charge on any atom is 0.306 e. The Hall–Kier alpha value is -3.66. The third-order valence-electron chi connectivity index (χ3n) is 7.03. The molecule has 4 rings (SSSR count). The second-order valence-corrected chi connectivity index (χ2v) is 9.88. The van der Waals surface area contributed by atoms with Crippen LogP contribution in [-0.2, 0) is 32.3 Å². The predicted octanol–water partition coefficient (Wildman–Crippen LogP) is 8.91. The van der Waals surface area contributed by atoms with Crippen LogP contribution in [0.3, 0.4) is 0 Å². The molecule has 0 aromatic heterocycles. The number of carbonyl (C=O) groups is 2. The normalized spacial score (nSPS) is 11.1. The van der Waals surface area contributed by atoms with Crippen molar-refractivity contribution in [3.05, 3.63) is 83.9 Å². The Morgan fingerprint density at radius 2 is 0.974 bits per heavy atom. The Labute approximate surface area is 226 Å². The fraction of sp³-hybridized carbons (Fsp3) is 0.353. The van der Waals surface area contributed by atoms with Crippen LogP contribution in [0.2, 0.25) is 0 Å². The zero-order valence-electron chi connectivity index (χ0n) is 22.6. The summed E-state index contributed by atoms with van der Waals surface area (Å²) in [4.78, 5) is 25.0. The van der Waals surface area contributed by atoms with E-state index in [1.54, 1.807) is 0 Å². The SMILES string of the molecule is CCCCCC(=O)OCc1ccc2ccccc2c1-c1c(COC(=O)CCCCC)ccc2ccccc12. The van der Waals surface area contributed by atoms with Crippen LogP contribution in [-0.4, -0.2) is 11.9 Å². The molecular formula is C34H38O4. The first kappa shape index (κ1) is 27.4. The number of unbranched alkanes of at least 4 members (excludes halogenated alkanes) is 4. The molecule has 0 fully saturated rings. The average molecular weight is 511 g/mol. The van der Waals surface area contributed by atoms with Crippen LogP contribution < -0.4 is 0 Å². The molecule has 0 aliphatic carbocycles. The lowest BCUT2D eigenvalue weighted by Gasteiger charge is -2.19. The molecule has 0 saturated heterocycles. The molecule has 0 unspecified atom stereocenters. The van der Waals surface area contributed by atoms with E-state index in [0.717, 1.165) is 82.3 Å². The van der Waals surface area contributed by atoms with Crippen LogP contribution in [0.1, 0.15) is 76.3 Å². The largest absolute Gasteiger partial charge is 0.461 e. The van der Waals surface area contributed by atoms with Gasteiger partial charge < -0.3 is 9.47 Å². The number of ether oxygens (including phenoxy) is 2. The lowest BCUT2D eigenvalue weighted by atomic mass is 9.87. The molecule has 0 saturated carbocycles. The third kappa shape index (κ3) is 6.80. The van der Waals surface area contributed by atoms with Gasteiger partial charge in [0.1, 0.15) is 13.2 Å². The molecule has 0 spiro atoms. The minimum absolute atomic E-state index is 0.170. The molecule has 4 heteroatoms. The summed E-state index contributed by atoms with van der Waals surface area (Å²) in [5.74, 6) is -0.339. The molecule has 0 heterocycles. The van der Waals surface area contributed by atoms with Gasteiger partial charge in [0.05, 0.1) is 0 Å². The van der Waals surface area contributed by atoms with Crippen molar-refractivity contribution < 1.29 is 19.1 Å². The van der Waals surface area contributed by atoms with Gasteiger partial charge in [-0.3, -0.25) is 9.59 Å². The second kappa shape index (κ2) is 13.8. The molecule has 0 aliphatic heterocycles. The number of hydrogen-bond acceptors (Lipinski definition) is 4. The van der Waals surface area contributed by atoms with Gasteiger partial charge in [0.2, 0.25) is 0 Å². The highest BCUT2D eigenvalue weighted by Gasteiger charge is 2.19. The summed E-state index contributed by atoms with van der Waals surface area (Å²) in [6.45, 7) is 4.64. The Kier molecular flexibility index (Phi) is 9.91. The fourth-order valence-electron chi connectivity index (χ4n) is 4.96. The van der Waals surface area contributed by atoms with Gasteiger partial charge in [-0.05, 0) is 56.6 Å². The number of rotatable bonds is 13. The van der Waals surface area contributed by atoms with Crippen molar-refractivity contribution in [2.24, 2.45) is 0 Å². The van der Waals surface area contributed by atoms with Crippen LogP contribution in [0.25, 0.3) is 32.7 Å². The van der Waals surface area contributed by atoms with E-state index >= 15 is 0 Å². The average Bonchev–Trinajstić information content (AvgIpc) is 2.94. The minimum atomic E-state index is -0.170. The quantitative estimate of drug-likeness (QED) is 0.133. The minimum Gasteiger partial charge on any atom is -0.461 e. The van der Waals surface area contributed by atoms with Crippen molar-refractivity contribution >= 4 is 33.5 Å². The second-order valence-electron chi connectivity index (χ2n) is 9.88. The van der Waals surface area contributed by atoms with Gasteiger partial charge in [-0.2, -0.15) is 0 Å². The summed E-state index contributed by atoms with van der Waals surface area (Å²) in [5.41, 5.74) is 3.94. The standard InChI is InChI=1S/C34H38O4/c1-3-5-7-17-31(35)37-23-27-21-19-25-13-9-11-15-29(25)33(27)34-28(24-38-32(36)18-8-6-4-2)22-20-26-14-10-12-16-30(26)34/h9-16,19-22H,3-8,17-18,23-24H2,1-2H3. The summed E-state index contributed by atoms with van der Waals surface area (Å²) in [7, 11) is 0. The first-order chi connectivity index (χ1) is 18.6. The predicted molar refractivity (Wildman–Crippen MR) is 155 cm³/mol. The smallest absolute Gasteiger partial charge is 0.306 e. The van der Waals surface area contributed by atoms with Gasteiger partial charge in [-0.25, -0.2) is 0 Å². The highest BCUT2D eigenvalue weighted by atomic mass is 16.5. The molecular weight excluding hydrogens is 472 g/mol. The van der Waals surface area contributed by atoms with Gasteiger partial charge in [-0.1, -0.05) is 112 Å². The highest BCUT2D eigenvalue weighted by Crippen LogP contribution is 2.40. The van der Waals surface area contributed by atoms with Crippen molar-refractivity contribution in [1.29, 1.82) is 0 Å². The molecule has 4 aromatic rings. The molecule has 0 atom stereocenters. The first-order valence-electron chi connectivity index (χ1n) is 13.9. The van der Waals surface area contributed by atoms with Crippen LogP contribution in [0.4, 0.5) is 0 Å². The van der Waals surface area contributed by atoms with E-state index in [1.165, 1.54) is 0 Å². The van der Waals surface area contributed by atoms with E-state index < -0.39 is 0 Å². The van der Waals surface area contributed by atoms with E-state index in [0.29, 0.717) is 12.8 Å². The van der Waals surface area contributed by atoms with E-state index in [4.69, 9.17) is 9.47 Å². The lowest BCUT2D eigenvalue weighted by Crippen LogP contribution is -2.07. The van der Waals surface area contributed by atoms with Gasteiger partial charge in [0, 0.05) is 12.8 Å². The molecule has 0 aliphatic rings. The maximum absolute atomic E-state index is 12.5. The summed E-state index contributed by atoms with van der Waals surface area (Å²) in [5, 5.41) is 4.38. The molecule has 4 nitrogen and oxygen atoms in total. The number of carbonyl (C=O) groups excluding carboxylic acids is 2. The van der Waals surface area contributed by atoms with Gasteiger partial charge in [0.25, 0.3) is 0 Å². The summed E-state index contributed by atoms with van der Waals surface area (Å²) >= 11 is 0. The van der Waals surface area contributed by atoms with Crippen LogP contribution in [0, 0.1) is 0 Å². The highest BCUT2D eigenvalue weighted by molar-refractivity contribution is 6.07. The Bertz CT molecular complexity index is 1280. The van der Waals surface area contributed by atoms with Crippen molar-refractivity contribution in [2.45, 2.75) is 78.4 Å². The fourth-order valence-corrected chi connectivity index (χ4v) is 4.96. The number of fused-ring (bicyclic) bond motifs is 2. The van der Waals surface area contributed by atoms with Gasteiger partial charge in [0.15, 0.2) is 0 Å². The molecule has 0 N–H and O–H groups in total. The van der Waals surface area contributed by atoms with Crippen LogP contribution in [0.5, 0.6) is 0 Å². The van der Waals surface area contributed by atoms with Crippen molar-refractivity contribution in [2.75, 3.05) is 0 Å². The first-order valence-corrected chi connectivity index (χ1v) is 13.9. The van der Waals surface area contributed by atoms with Gasteiger partial charge in [-0.15, -0.1) is 0 Å². The Morgan fingerprint density at radius 3 is 1.39 bits per heavy atom. The van der Waals surface area contributed by atoms with E-state index in [2.05, 4.69) is 62.4 Å². The zero-order chi connectivity index (χ0) is 26.7.